The zero-order chi connectivity index (χ0) is 9.60. The van der Waals surface area contributed by atoms with Gasteiger partial charge in [-0.2, -0.15) is 0 Å². The van der Waals surface area contributed by atoms with Crippen LogP contribution in [0, 0.1) is 5.92 Å². The molecule has 0 bridgehead atoms. The molecule has 80 valence electrons. The molecule has 2 heterocycles. The van der Waals surface area contributed by atoms with Gasteiger partial charge in [-0.3, -0.25) is 4.90 Å². The summed E-state index contributed by atoms with van der Waals surface area (Å²) in [7, 11) is 0. The van der Waals surface area contributed by atoms with Crippen LogP contribution >= 0.6 is 0 Å². The lowest BCUT2D eigenvalue weighted by atomic mass is 9.87. The number of fused-ring (bicyclic) bond motifs is 1. The fourth-order valence-electron chi connectivity index (χ4n) is 3.36. The molecule has 0 spiro atoms. The molecule has 0 aromatic rings. The highest BCUT2D eigenvalue weighted by molar-refractivity contribution is 5.02. The standard InChI is InChI=1S/C12H21NO/c14-12(6-5-10-3-4-10)7-9-13-8-1-2-11(12)13/h10-11,14H,1-9H2. The maximum Gasteiger partial charge on any atom is 0.0814 e. The summed E-state index contributed by atoms with van der Waals surface area (Å²) in [4.78, 5) is 2.51. The molecule has 0 aromatic carbocycles. The van der Waals surface area contributed by atoms with Crippen LogP contribution in [0.3, 0.4) is 0 Å². The summed E-state index contributed by atoms with van der Waals surface area (Å²) in [5.74, 6) is 0.967. The molecule has 3 fully saturated rings. The van der Waals surface area contributed by atoms with Gasteiger partial charge in [-0.15, -0.1) is 0 Å². The minimum atomic E-state index is -0.306. The number of aliphatic hydroxyl groups is 1. The van der Waals surface area contributed by atoms with Gasteiger partial charge in [0.2, 0.25) is 0 Å². The molecular formula is C12H21NO. The summed E-state index contributed by atoms with van der Waals surface area (Å²) in [6.07, 6.45) is 8.76. The summed E-state index contributed by atoms with van der Waals surface area (Å²) in [5.41, 5.74) is -0.306. The predicted octanol–water partition coefficient (Wildman–Crippen LogP) is 1.78. The molecule has 2 atom stereocenters. The monoisotopic (exact) mass is 195 g/mol. The van der Waals surface area contributed by atoms with Gasteiger partial charge in [-0.1, -0.05) is 12.8 Å². The van der Waals surface area contributed by atoms with E-state index in [0.717, 1.165) is 25.3 Å². The van der Waals surface area contributed by atoms with Crippen molar-refractivity contribution in [1.82, 2.24) is 4.90 Å². The van der Waals surface area contributed by atoms with Gasteiger partial charge >= 0.3 is 0 Å². The number of rotatable bonds is 3. The molecule has 0 aromatic heterocycles. The van der Waals surface area contributed by atoms with Gasteiger partial charge < -0.3 is 5.11 Å². The van der Waals surface area contributed by atoms with Crippen LogP contribution in [0.4, 0.5) is 0 Å². The van der Waals surface area contributed by atoms with Crippen molar-refractivity contribution in [1.29, 1.82) is 0 Å². The van der Waals surface area contributed by atoms with Crippen molar-refractivity contribution in [2.45, 2.75) is 56.6 Å². The van der Waals surface area contributed by atoms with Crippen molar-refractivity contribution in [3.05, 3.63) is 0 Å². The highest BCUT2D eigenvalue weighted by Crippen LogP contribution is 2.42. The lowest BCUT2D eigenvalue weighted by Gasteiger charge is -2.29. The smallest absolute Gasteiger partial charge is 0.0814 e. The minimum absolute atomic E-state index is 0.306. The molecule has 2 aliphatic heterocycles. The van der Waals surface area contributed by atoms with E-state index < -0.39 is 0 Å². The van der Waals surface area contributed by atoms with Crippen molar-refractivity contribution in [3.63, 3.8) is 0 Å². The van der Waals surface area contributed by atoms with Crippen LogP contribution in [0.25, 0.3) is 0 Å². The summed E-state index contributed by atoms with van der Waals surface area (Å²) in [6, 6.07) is 0.515. The van der Waals surface area contributed by atoms with Gasteiger partial charge in [0.1, 0.15) is 0 Å². The second-order valence-corrected chi connectivity index (χ2v) is 5.53. The number of nitrogens with zero attached hydrogens (tertiary/aromatic N) is 1. The SMILES string of the molecule is OC1(CCC2CC2)CCN2CCCC21. The second kappa shape index (κ2) is 3.21. The average molecular weight is 195 g/mol. The van der Waals surface area contributed by atoms with Crippen molar-refractivity contribution in [2.24, 2.45) is 5.92 Å². The summed E-state index contributed by atoms with van der Waals surface area (Å²) < 4.78 is 0. The topological polar surface area (TPSA) is 23.5 Å². The van der Waals surface area contributed by atoms with E-state index in [1.165, 1.54) is 38.6 Å². The Balaban J connectivity index is 1.62. The Labute approximate surface area is 86.3 Å². The third-order valence-corrected chi connectivity index (χ3v) is 4.50. The molecule has 14 heavy (non-hydrogen) atoms. The quantitative estimate of drug-likeness (QED) is 0.742. The van der Waals surface area contributed by atoms with E-state index in [0.29, 0.717) is 6.04 Å². The normalized spacial score (nSPS) is 43.1. The molecule has 0 amide bonds. The Morgan fingerprint density at radius 1 is 1.21 bits per heavy atom. The van der Waals surface area contributed by atoms with E-state index in [1.54, 1.807) is 0 Å². The van der Waals surface area contributed by atoms with Crippen LogP contribution < -0.4 is 0 Å². The van der Waals surface area contributed by atoms with Crippen LogP contribution in [0.15, 0.2) is 0 Å². The first-order valence-corrected chi connectivity index (χ1v) is 6.24. The largest absolute Gasteiger partial charge is 0.388 e. The third kappa shape index (κ3) is 1.49. The molecule has 2 unspecified atom stereocenters. The summed E-state index contributed by atoms with van der Waals surface area (Å²) >= 11 is 0. The van der Waals surface area contributed by atoms with Crippen molar-refractivity contribution in [2.75, 3.05) is 13.1 Å². The van der Waals surface area contributed by atoms with Gasteiger partial charge in [0.05, 0.1) is 5.60 Å². The second-order valence-electron chi connectivity index (χ2n) is 5.53. The van der Waals surface area contributed by atoms with E-state index >= 15 is 0 Å². The van der Waals surface area contributed by atoms with Crippen molar-refractivity contribution >= 4 is 0 Å². The maximum atomic E-state index is 10.6. The first-order valence-electron chi connectivity index (χ1n) is 6.24. The van der Waals surface area contributed by atoms with Gasteiger partial charge in [0.25, 0.3) is 0 Å². The first kappa shape index (κ1) is 9.17. The van der Waals surface area contributed by atoms with Gasteiger partial charge in [0.15, 0.2) is 0 Å². The fourth-order valence-corrected chi connectivity index (χ4v) is 3.36. The Morgan fingerprint density at radius 3 is 2.86 bits per heavy atom. The highest BCUT2D eigenvalue weighted by atomic mass is 16.3. The number of hydrogen-bond donors (Lipinski definition) is 1. The van der Waals surface area contributed by atoms with Gasteiger partial charge in [0, 0.05) is 12.6 Å². The Kier molecular flexibility index (Phi) is 2.10. The Morgan fingerprint density at radius 2 is 2.07 bits per heavy atom. The lowest BCUT2D eigenvalue weighted by Crippen LogP contribution is -2.41. The molecule has 1 saturated carbocycles. The fraction of sp³-hybridized carbons (Fsp3) is 1.00. The Hall–Kier alpha value is -0.0800. The van der Waals surface area contributed by atoms with E-state index in [1.807, 2.05) is 0 Å². The Bertz CT molecular complexity index is 226. The molecular weight excluding hydrogens is 174 g/mol. The van der Waals surface area contributed by atoms with Crippen LogP contribution in [0.1, 0.15) is 44.9 Å². The lowest BCUT2D eigenvalue weighted by molar-refractivity contribution is 0.00292. The van der Waals surface area contributed by atoms with E-state index in [4.69, 9.17) is 0 Å². The molecule has 3 rings (SSSR count). The van der Waals surface area contributed by atoms with Crippen molar-refractivity contribution in [3.8, 4) is 0 Å². The van der Waals surface area contributed by atoms with Crippen LogP contribution in [-0.2, 0) is 0 Å². The zero-order valence-electron chi connectivity index (χ0n) is 8.91. The summed E-state index contributed by atoms with van der Waals surface area (Å²) in [6.45, 7) is 2.38. The summed E-state index contributed by atoms with van der Waals surface area (Å²) in [5, 5.41) is 10.6. The maximum absolute atomic E-state index is 10.6. The molecule has 3 aliphatic rings. The molecule has 1 aliphatic carbocycles. The van der Waals surface area contributed by atoms with Crippen LogP contribution in [0.2, 0.25) is 0 Å². The zero-order valence-corrected chi connectivity index (χ0v) is 8.91. The van der Waals surface area contributed by atoms with E-state index in [2.05, 4.69) is 4.90 Å². The molecule has 2 nitrogen and oxygen atoms in total. The van der Waals surface area contributed by atoms with Crippen LogP contribution in [-0.4, -0.2) is 34.7 Å². The minimum Gasteiger partial charge on any atom is -0.388 e. The third-order valence-electron chi connectivity index (χ3n) is 4.50. The molecule has 2 saturated heterocycles. The van der Waals surface area contributed by atoms with E-state index in [-0.39, 0.29) is 5.60 Å². The predicted molar refractivity (Wildman–Crippen MR) is 56.1 cm³/mol. The van der Waals surface area contributed by atoms with Gasteiger partial charge in [-0.25, -0.2) is 0 Å². The molecule has 2 heteroatoms. The first-order chi connectivity index (χ1) is 6.78. The van der Waals surface area contributed by atoms with Gasteiger partial charge in [-0.05, 0) is 44.6 Å². The molecule has 0 radical (unpaired) electrons. The van der Waals surface area contributed by atoms with Crippen molar-refractivity contribution < 1.29 is 5.11 Å². The average Bonchev–Trinajstić information content (AvgIpc) is 2.78. The van der Waals surface area contributed by atoms with E-state index in [9.17, 15) is 5.11 Å². The van der Waals surface area contributed by atoms with Crippen LogP contribution in [0.5, 0.6) is 0 Å². The number of hydrogen-bond acceptors (Lipinski definition) is 2. The molecule has 1 N–H and O–H groups in total. The highest BCUT2D eigenvalue weighted by Gasteiger charge is 2.47.